The van der Waals surface area contributed by atoms with Gasteiger partial charge in [0.1, 0.15) is 0 Å². The second-order valence-corrected chi connectivity index (χ2v) is 3.56. The van der Waals surface area contributed by atoms with Gasteiger partial charge < -0.3 is 9.84 Å². The van der Waals surface area contributed by atoms with Crippen LogP contribution in [0.1, 0.15) is 44.9 Å². The van der Waals surface area contributed by atoms with E-state index < -0.39 is 0 Å². The number of aliphatic hydroxyl groups excluding tert-OH is 1. The first-order valence-corrected chi connectivity index (χ1v) is 5.16. The molecule has 1 saturated carbocycles. The molecule has 0 atom stereocenters. The Morgan fingerprint density at radius 3 is 2.50 bits per heavy atom. The van der Waals surface area contributed by atoms with Crippen LogP contribution in [0, 0.1) is 0 Å². The van der Waals surface area contributed by atoms with Gasteiger partial charge in [-0.25, -0.2) is 0 Å². The summed E-state index contributed by atoms with van der Waals surface area (Å²) in [6, 6.07) is 0. The molecule has 0 radical (unpaired) electrons. The molecule has 1 rings (SSSR count). The minimum Gasteiger partial charge on any atom is -0.396 e. The molecular formula is C10H20O2. The zero-order chi connectivity index (χ0) is 8.65. The largest absolute Gasteiger partial charge is 0.396 e. The zero-order valence-corrected chi connectivity index (χ0v) is 7.80. The summed E-state index contributed by atoms with van der Waals surface area (Å²) in [5, 5.41) is 8.55. The lowest BCUT2D eigenvalue weighted by Crippen LogP contribution is -2.17. The van der Waals surface area contributed by atoms with E-state index in [2.05, 4.69) is 0 Å². The Hall–Kier alpha value is -0.0800. The average Bonchev–Trinajstić information content (AvgIpc) is 2.14. The second-order valence-electron chi connectivity index (χ2n) is 3.56. The predicted molar refractivity (Wildman–Crippen MR) is 49.1 cm³/mol. The minimum atomic E-state index is 0.300. The Bertz CT molecular complexity index is 98.0. The van der Waals surface area contributed by atoms with E-state index in [9.17, 15) is 0 Å². The molecule has 2 heteroatoms. The van der Waals surface area contributed by atoms with Crippen molar-refractivity contribution in [1.29, 1.82) is 0 Å². The molecule has 12 heavy (non-hydrogen) atoms. The molecule has 1 fully saturated rings. The topological polar surface area (TPSA) is 29.5 Å². The summed E-state index contributed by atoms with van der Waals surface area (Å²) in [5.74, 6) is 0. The lowest BCUT2D eigenvalue weighted by atomic mass is 9.98. The maximum absolute atomic E-state index is 8.55. The summed E-state index contributed by atoms with van der Waals surface area (Å²) in [6.07, 6.45) is 8.97. The standard InChI is InChI=1S/C10H20O2/c11-8-4-5-9-12-10-6-2-1-3-7-10/h10-11H,1-9H2. The summed E-state index contributed by atoms with van der Waals surface area (Å²) in [5.41, 5.74) is 0. The third-order valence-electron chi connectivity index (χ3n) is 2.46. The van der Waals surface area contributed by atoms with E-state index in [1.807, 2.05) is 0 Å². The van der Waals surface area contributed by atoms with Crippen molar-refractivity contribution < 1.29 is 9.84 Å². The number of rotatable bonds is 5. The van der Waals surface area contributed by atoms with Gasteiger partial charge in [-0.15, -0.1) is 0 Å². The molecular weight excluding hydrogens is 152 g/mol. The van der Waals surface area contributed by atoms with Crippen LogP contribution in [-0.2, 0) is 4.74 Å². The van der Waals surface area contributed by atoms with Crippen molar-refractivity contribution in [2.75, 3.05) is 13.2 Å². The molecule has 0 aliphatic heterocycles. The quantitative estimate of drug-likeness (QED) is 0.643. The molecule has 72 valence electrons. The molecule has 0 aromatic rings. The Balaban J connectivity index is 1.91. The van der Waals surface area contributed by atoms with E-state index in [0.717, 1.165) is 19.4 Å². The lowest BCUT2D eigenvalue weighted by molar-refractivity contribution is 0.0249. The van der Waals surface area contributed by atoms with Crippen LogP contribution in [0.2, 0.25) is 0 Å². The fourth-order valence-electron chi connectivity index (χ4n) is 1.70. The van der Waals surface area contributed by atoms with Crippen molar-refractivity contribution in [2.24, 2.45) is 0 Å². The highest BCUT2D eigenvalue weighted by atomic mass is 16.5. The highest BCUT2D eigenvalue weighted by Gasteiger charge is 2.12. The zero-order valence-electron chi connectivity index (χ0n) is 7.80. The van der Waals surface area contributed by atoms with E-state index in [1.165, 1.54) is 32.1 Å². The van der Waals surface area contributed by atoms with Crippen molar-refractivity contribution >= 4 is 0 Å². The van der Waals surface area contributed by atoms with Crippen LogP contribution in [-0.4, -0.2) is 24.4 Å². The SMILES string of the molecule is OCCCCOC1CCCCC1. The first kappa shape index (κ1) is 10.0. The van der Waals surface area contributed by atoms with Gasteiger partial charge in [-0.3, -0.25) is 0 Å². The lowest BCUT2D eigenvalue weighted by Gasteiger charge is -2.21. The first-order valence-electron chi connectivity index (χ1n) is 5.16. The van der Waals surface area contributed by atoms with Crippen molar-refractivity contribution in [3.63, 3.8) is 0 Å². The van der Waals surface area contributed by atoms with E-state index in [4.69, 9.17) is 9.84 Å². The maximum atomic E-state index is 8.55. The van der Waals surface area contributed by atoms with E-state index in [1.54, 1.807) is 0 Å². The van der Waals surface area contributed by atoms with Crippen molar-refractivity contribution in [3.05, 3.63) is 0 Å². The first-order chi connectivity index (χ1) is 5.93. The third-order valence-corrected chi connectivity index (χ3v) is 2.46. The summed E-state index contributed by atoms with van der Waals surface area (Å²) in [4.78, 5) is 0. The molecule has 1 aliphatic carbocycles. The summed E-state index contributed by atoms with van der Waals surface area (Å²) in [7, 11) is 0. The van der Waals surface area contributed by atoms with Crippen LogP contribution in [0.15, 0.2) is 0 Å². The van der Waals surface area contributed by atoms with Crippen LogP contribution in [0.4, 0.5) is 0 Å². The second kappa shape index (κ2) is 6.44. The van der Waals surface area contributed by atoms with Gasteiger partial charge in [0.05, 0.1) is 6.10 Å². The van der Waals surface area contributed by atoms with Gasteiger partial charge in [0.15, 0.2) is 0 Å². The van der Waals surface area contributed by atoms with Gasteiger partial charge in [-0.1, -0.05) is 19.3 Å². The van der Waals surface area contributed by atoms with Gasteiger partial charge in [0.25, 0.3) is 0 Å². The molecule has 0 amide bonds. The Morgan fingerprint density at radius 1 is 1.08 bits per heavy atom. The van der Waals surface area contributed by atoms with E-state index in [0.29, 0.717) is 12.7 Å². The van der Waals surface area contributed by atoms with Gasteiger partial charge in [0.2, 0.25) is 0 Å². The Morgan fingerprint density at radius 2 is 1.83 bits per heavy atom. The summed E-state index contributed by atoms with van der Waals surface area (Å²) in [6.45, 7) is 1.14. The number of hydrogen-bond acceptors (Lipinski definition) is 2. The molecule has 0 unspecified atom stereocenters. The van der Waals surface area contributed by atoms with Crippen LogP contribution in [0.5, 0.6) is 0 Å². The summed E-state index contributed by atoms with van der Waals surface area (Å²) < 4.78 is 5.67. The highest BCUT2D eigenvalue weighted by Crippen LogP contribution is 2.20. The van der Waals surface area contributed by atoms with Gasteiger partial charge in [0, 0.05) is 13.2 Å². The molecule has 0 aromatic heterocycles. The van der Waals surface area contributed by atoms with Gasteiger partial charge in [-0.2, -0.15) is 0 Å². The number of hydrogen-bond donors (Lipinski definition) is 1. The molecule has 1 N–H and O–H groups in total. The highest BCUT2D eigenvalue weighted by molar-refractivity contribution is 4.64. The van der Waals surface area contributed by atoms with Crippen LogP contribution < -0.4 is 0 Å². The number of aliphatic hydroxyl groups is 1. The molecule has 0 aromatic carbocycles. The monoisotopic (exact) mass is 172 g/mol. The van der Waals surface area contributed by atoms with Crippen molar-refractivity contribution in [1.82, 2.24) is 0 Å². The molecule has 0 heterocycles. The van der Waals surface area contributed by atoms with Crippen molar-refractivity contribution in [2.45, 2.75) is 51.0 Å². The third kappa shape index (κ3) is 4.07. The minimum absolute atomic E-state index is 0.300. The Labute approximate surface area is 74.9 Å². The van der Waals surface area contributed by atoms with Crippen LogP contribution in [0.25, 0.3) is 0 Å². The fourth-order valence-corrected chi connectivity index (χ4v) is 1.70. The van der Waals surface area contributed by atoms with Crippen molar-refractivity contribution in [3.8, 4) is 0 Å². The number of ether oxygens (including phenoxy) is 1. The number of unbranched alkanes of at least 4 members (excludes halogenated alkanes) is 1. The van der Waals surface area contributed by atoms with Gasteiger partial charge >= 0.3 is 0 Å². The van der Waals surface area contributed by atoms with E-state index >= 15 is 0 Å². The summed E-state index contributed by atoms with van der Waals surface area (Å²) >= 11 is 0. The van der Waals surface area contributed by atoms with Crippen LogP contribution in [0.3, 0.4) is 0 Å². The van der Waals surface area contributed by atoms with Gasteiger partial charge in [-0.05, 0) is 25.7 Å². The smallest absolute Gasteiger partial charge is 0.0575 e. The van der Waals surface area contributed by atoms with E-state index in [-0.39, 0.29) is 0 Å². The molecule has 1 aliphatic rings. The van der Waals surface area contributed by atoms with Crippen LogP contribution >= 0.6 is 0 Å². The molecule has 0 spiro atoms. The normalized spacial score (nSPS) is 19.8. The molecule has 2 nitrogen and oxygen atoms in total. The maximum Gasteiger partial charge on any atom is 0.0575 e. The Kier molecular flexibility index (Phi) is 5.37. The fraction of sp³-hybridized carbons (Fsp3) is 1.00. The molecule has 0 saturated heterocycles. The predicted octanol–water partition coefficient (Wildman–Crippen LogP) is 2.11. The average molecular weight is 172 g/mol. The molecule has 0 bridgehead atoms.